The highest BCUT2D eigenvalue weighted by Gasteiger charge is 2.34. The monoisotopic (exact) mass is 427 g/mol. The molecule has 28 heavy (non-hydrogen) atoms. The van der Waals surface area contributed by atoms with Crippen LogP contribution in [0.15, 0.2) is 52.4 Å². The van der Waals surface area contributed by atoms with Crippen LogP contribution in [0.2, 0.25) is 5.02 Å². The van der Waals surface area contributed by atoms with Crippen LogP contribution in [0.25, 0.3) is 6.08 Å². The number of carbonyl (C=O) groups excluding carboxylic acids is 1. The standard InChI is InChI=1S/C17H9ClF3N3O3S/c18-10-3-6-13(12(8-10)17(19,20)21)22-16-23-15(25)14(28-16)7-9-1-4-11(5-2-9)24(26)27/h1-8H,(H,22,23,25)/b14-7-. The number of nitro groups is 1. The summed E-state index contributed by atoms with van der Waals surface area (Å²) in [5, 5.41) is 12.9. The summed E-state index contributed by atoms with van der Waals surface area (Å²) in [7, 11) is 0. The fourth-order valence-electron chi connectivity index (χ4n) is 2.27. The molecular weight excluding hydrogens is 419 g/mol. The summed E-state index contributed by atoms with van der Waals surface area (Å²) < 4.78 is 39.5. The number of nitro benzene ring substituents is 1. The van der Waals surface area contributed by atoms with Crippen LogP contribution in [0.5, 0.6) is 0 Å². The molecule has 1 heterocycles. The zero-order valence-corrected chi connectivity index (χ0v) is 15.2. The van der Waals surface area contributed by atoms with Crippen LogP contribution >= 0.6 is 23.4 Å². The Hall–Kier alpha value is -2.85. The van der Waals surface area contributed by atoms with Crippen molar-refractivity contribution < 1.29 is 22.9 Å². The second-order valence-electron chi connectivity index (χ2n) is 5.49. The first kappa shape index (κ1) is 19.9. The number of benzene rings is 2. The lowest BCUT2D eigenvalue weighted by atomic mass is 10.2. The van der Waals surface area contributed by atoms with Gasteiger partial charge >= 0.3 is 6.18 Å². The van der Waals surface area contributed by atoms with Crippen molar-refractivity contribution in [1.29, 1.82) is 0 Å². The number of halogens is 4. The van der Waals surface area contributed by atoms with Gasteiger partial charge in [-0.2, -0.15) is 13.2 Å². The fourth-order valence-corrected chi connectivity index (χ4v) is 3.27. The van der Waals surface area contributed by atoms with Gasteiger partial charge in [0.05, 0.1) is 21.1 Å². The van der Waals surface area contributed by atoms with E-state index < -0.39 is 22.6 Å². The Bertz CT molecular complexity index is 1020. The average molecular weight is 428 g/mol. The Labute approximate surface area is 165 Å². The molecule has 0 unspecified atom stereocenters. The van der Waals surface area contributed by atoms with E-state index in [-0.39, 0.29) is 26.5 Å². The largest absolute Gasteiger partial charge is 0.418 e. The highest BCUT2D eigenvalue weighted by Crippen LogP contribution is 2.39. The smallest absolute Gasteiger partial charge is 0.300 e. The van der Waals surface area contributed by atoms with Crippen molar-refractivity contribution in [1.82, 2.24) is 5.32 Å². The number of aliphatic imine (C=N–C) groups is 1. The van der Waals surface area contributed by atoms with Gasteiger partial charge in [0, 0.05) is 17.2 Å². The number of rotatable bonds is 3. The number of amides is 1. The third-order valence-corrected chi connectivity index (χ3v) is 4.68. The Morgan fingerprint density at radius 2 is 1.86 bits per heavy atom. The second kappa shape index (κ2) is 7.64. The molecule has 0 atom stereocenters. The first-order chi connectivity index (χ1) is 13.1. The van der Waals surface area contributed by atoms with Crippen molar-refractivity contribution in [3.05, 3.63) is 73.6 Å². The van der Waals surface area contributed by atoms with Gasteiger partial charge in [0.25, 0.3) is 11.6 Å². The van der Waals surface area contributed by atoms with Crippen molar-refractivity contribution in [2.75, 3.05) is 0 Å². The third kappa shape index (κ3) is 4.52. The molecule has 0 saturated carbocycles. The molecule has 1 aliphatic rings. The number of hydrogen-bond donors (Lipinski definition) is 1. The molecule has 1 amide bonds. The molecule has 6 nitrogen and oxygen atoms in total. The fraction of sp³-hybridized carbons (Fsp3) is 0.0588. The van der Waals surface area contributed by atoms with Crippen LogP contribution in [0.3, 0.4) is 0 Å². The number of non-ortho nitro benzene ring substituents is 1. The van der Waals surface area contributed by atoms with Crippen molar-refractivity contribution >= 4 is 51.9 Å². The van der Waals surface area contributed by atoms with E-state index in [9.17, 15) is 28.1 Å². The molecule has 0 aromatic heterocycles. The number of alkyl halides is 3. The Balaban J connectivity index is 1.88. The minimum atomic E-state index is -4.66. The molecule has 1 saturated heterocycles. The van der Waals surface area contributed by atoms with Gasteiger partial charge in [-0.25, -0.2) is 4.99 Å². The molecule has 1 aliphatic heterocycles. The second-order valence-corrected chi connectivity index (χ2v) is 6.96. The number of amidine groups is 1. The van der Waals surface area contributed by atoms with Crippen molar-refractivity contribution in [3.8, 4) is 0 Å². The van der Waals surface area contributed by atoms with Crippen molar-refractivity contribution in [2.24, 2.45) is 4.99 Å². The van der Waals surface area contributed by atoms with E-state index in [0.717, 1.165) is 23.9 Å². The van der Waals surface area contributed by atoms with Gasteiger partial charge in [0.1, 0.15) is 0 Å². The minimum absolute atomic E-state index is 0.0222. The lowest BCUT2D eigenvalue weighted by Gasteiger charge is -2.10. The average Bonchev–Trinajstić information content (AvgIpc) is 2.95. The molecule has 2 aromatic rings. The van der Waals surface area contributed by atoms with E-state index in [2.05, 4.69) is 10.3 Å². The maximum atomic E-state index is 13.2. The number of carbonyl (C=O) groups is 1. The SMILES string of the molecule is O=C1NC(=Nc2ccc(Cl)cc2C(F)(F)F)S/C1=C\c1ccc([N+](=O)[O-])cc1. The van der Waals surface area contributed by atoms with Gasteiger partial charge in [0.2, 0.25) is 0 Å². The predicted octanol–water partition coefficient (Wildman–Crippen LogP) is 5.16. The van der Waals surface area contributed by atoms with Gasteiger partial charge in [-0.3, -0.25) is 14.9 Å². The van der Waals surface area contributed by atoms with Gasteiger partial charge in [0.15, 0.2) is 5.17 Å². The predicted molar refractivity (Wildman–Crippen MR) is 100 cm³/mol. The van der Waals surface area contributed by atoms with Crippen LogP contribution in [0.1, 0.15) is 11.1 Å². The molecule has 144 valence electrons. The van der Waals surface area contributed by atoms with E-state index >= 15 is 0 Å². The first-order valence-corrected chi connectivity index (χ1v) is 8.74. The molecule has 0 bridgehead atoms. The topological polar surface area (TPSA) is 84.6 Å². The maximum Gasteiger partial charge on any atom is 0.418 e. The van der Waals surface area contributed by atoms with Crippen LogP contribution in [0, 0.1) is 10.1 Å². The third-order valence-electron chi connectivity index (χ3n) is 3.54. The highest BCUT2D eigenvalue weighted by atomic mass is 35.5. The van der Waals surface area contributed by atoms with Crippen LogP contribution in [-0.2, 0) is 11.0 Å². The molecule has 0 aliphatic carbocycles. The summed E-state index contributed by atoms with van der Waals surface area (Å²) in [5.41, 5.74) is -0.978. The molecule has 0 radical (unpaired) electrons. The van der Waals surface area contributed by atoms with Crippen molar-refractivity contribution in [2.45, 2.75) is 6.18 Å². The van der Waals surface area contributed by atoms with E-state index in [1.165, 1.54) is 36.4 Å². The van der Waals surface area contributed by atoms with Gasteiger partial charge < -0.3 is 5.32 Å². The normalized spacial score (nSPS) is 17.2. The molecule has 2 aromatic carbocycles. The summed E-state index contributed by atoms with van der Waals surface area (Å²) in [5.74, 6) is -0.537. The first-order valence-electron chi connectivity index (χ1n) is 7.54. The number of nitrogens with one attached hydrogen (secondary N) is 1. The number of nitrogens with zero attached hydrogens (tertiary/aromatic N) is 2. The summed E-state index contributed by atoms with van der Waals surface area (Å²) in [4.78, 5) is 26.2. The van der Waals surface area contributed by atoms with E-state index in [1.54, 1.807) is 0 Å². The Morgan fingerprint density at radius 3 is 2.46 bits per heavy atom. The number of thioether (sulfide) groups is 1. The van der Waals surface area contributed by atoms with Crippen molar-refractivity contribution in [3.63, 3.8) is 0 Å². The zero-order valence-electron chi connectivity index (χ0n) is 13.7. The van der Waals surface area contributed by atoms with E-state index in [4.69, 9.17) is 11.6 Å². The summed E-state index contributed by atoms with van der Waals surface area (Å²) in [6.07, 6.45) is -3.20. The minimum Gasteiger partial charge on any atom is -0.300 e. The lowest BCUT2D eigenvalue weighted by Crippen LogP contribution is -2.19. The van der Waals surface area contributed by atoms with E-state index in [0.29, 0.717) is 5.56 Å². The van der Waals surface area contributed by atoms with Crippen LogP contribution < -0.4 is 5.32 Å². The summed E-state index contributed by atoms with van der Waals surface area (Å²) >= 11 is 6.49. The molecular formula is C17H9ClF3N3O3S. The highest BCUT2D eigenvalue weighted by molar-refractivity contribution is 8.18. The molecule has 0 spiro atoms. The Kier molecular flexibility index (Phi) is 5.43. The summed E-state index contributed by atoms with van der Waals surface area (Å²) in [6, 6.07) is 8.61. The van der Waals surface area contributed by atoms with Gasteiger partial charge in [-0.1, -0.05) is 11.6 Å². The van der Waals surface area contributed by atoms with E-state index in [1.807, 2.05) is 0 Å². The molecule has 3 rings (SSSR count). The van der Waals surface area contributed by atoms with Gasteiger partial charge in [-0.15, -0.1) is 0 Å². The number of hydrogen-bond acceptors (Lipinski definition) is 5. The quantitative estimate of drug-likeness (QED) is 0.416. The van der Waals surface area contributed by atoms with Crippen LogP contribution in [-0.4, -0.2) is 16.0 Å². The van der Waals surface area contributed by atoms with Crippen LogP contribution in [0.4, 0.5) is 24.5 Å². The molecule has 11 heteroatoms. The lowest BCUT2D eigenvalue weighted by molar-refractivity contribution is -0.384. The zero-order chi connectivity index (χ0) is 20.5. The molecule has 1 fully saturated rings. The Morgan fingerprint density at radius 1 is 1.18 bits per heavy atom. The molecule has 1 N–H and O–H groups in total. The maximum absolute atomic E-state index is 13.2. The summed E-state index contributed by atoms with van der Waals surface area (Å²) in [6.45, 7) is 0. The van der Waals surface area contributed by atoms with Gasteiger partial charge in [-0.05, 0) is 53.7 Å².